The van der Waals surface area contributed by atoms with Gasteiger partial charge in [0.2, 0.25) is 0 Å². The van der Waals surface area contributed by atoms with Gasteiger partial charge < -0.3 is 20.2 Å². The minimum Gasteiger partial charge on any atom is -0.378 e. The van der Waals surface area contributed by atoms with E-state index in [1.54, 1.807) is 41.3 Å². The molecule has 2 heterocycles. The third kappa shape index (κ3) is 4.94. The summed E-state index contributed by atoms with van der Waals surface area (Å²) >= 11 is 3.38. The highest BCUT2D eigenvalue weighted by molar-refractivity contribution is 9.10. The molecule has 0 radical (unpaired) electrons. The largest absolute Gasteiger partial charge is 0.378 e. The molecule has 180 valence electrons. The lowest BCUT2D eigenvalue weighted by molar-refractivity contribution is -0.140. The molecule has 3 aromatic rings. The summed E-state index contributed by atoms with van der Waals surface area (Å²) in [7, 11) is 0. The van der Waals surface area contributed by atoms with Crippen LogP contribution in [0.2, 0.25) is 0 Å². The van der Waals surface area contributed by atoms with Crippen molar-refractivity contribution in [3.63, 3.8) is 0 Å². The van der Waals surface area contributed by atoms with Crippen molar-refractivity contribution in [2.75, 3.05) is 25.0 Å². The molecule has 3 atom stereocenters. The number of amidine groups is 1. The van der Waals surface area contributed by atoms with Crippen molar-refractivity contribution in [1.29, 1.82) is 0 Å². The SMILES string of the molecule is Cc1ccc(NC2C(c3ccc(F)cc3)N=C3CN(C(=O)C(O)c4ccc(Br)cc4)CCN32)cc1. The zero-order valence-corrected chi connectivity index (χ0v) is 20.8. The number of benzene rings is 3. The van der Waals surface area contributed by atoms with Crippen molar-refractivity contribution >= 4 is 33.4 Å². The van der Waals surface area contributed by atoms with E-state index in [0.717, 1.165) is 21.6 Å². The smallest absolute Gasteiger partial charge is 0.256 e. The quantitative estimate of drug-likeness (QED) is 0.497. The van der Waals surface area contributed by atoms with Crippen molar-refractivity contribution in [3.05, 3.63) is 99.8 Å². The average Bonchev–Trinajstić information content (AvgIpc) is 3.23. The number of fused-ring (bicyclic) bond motifs is 1. The van der Waals surface area contributed by atoms with E-state index in [0.29, 0.717) is 25.2 Å². The Balaban J connectivity index is 1.38. The molecule has 1 amide bonds. The van der Waals surface area contributed by atoms with Crippen molar-refractivity contribution in [1.82, 2.24) is 9.80 Å². The lowest BCUT2D eigenvalue weighted by Crippen LogP contribution is -2.55. The molecular weight excluding hydrogens is 511 g/mol. The summed E-state index contributed by atoms with van der Waals surface area (Å²) in [6.45, 7) is 3.38. The summed E-state index contributed by atoms with van der Waals surface area (Å²) < 4.78 is 14.5. The van der Waals surface area contributed by atoms with Crippen LogP contribution in [0, 0.1) is 12.7 Å². The number of carbonyl (C=O) groups excluding carboxylic acids is 1. The van der Waals surface area contributed by atoms with Gasteiger partial charge in [0.25, 0.3) is 5.91 Å². The van der Waals surface area contributed by atoms with Crippen molar-refractivity contribution in [2.45, 2.75) is 25.2 Å². The van der Waals surface area contributed by atoms with Gasteiger partial charge in [-0.05, 0) is 54.4 Å². The van der Waals surface area contributed by atoms with E-state index in [9.17, 15) is 14.3 Å². The van der Waals surface area contributed by atoms with E-state index in [1.807, 2.05) is 31.2 Å². The van der Waals surface area contributed by atoms with E-state index in [4.69, 9.17) is 4.99 Å². The van der Waals surface area contributed by atoms with Crippen molar-refractivity contribution < 1.29 is 14.3 Å². The standard InChI is InChI=1S/C27H26BrFN4O2/c1-17-2-12-22(13-3-17)30-26-24(18-6-10-21(29)11-7-18)31-23-16-32(14-15-33(23)26)27(35)25(34)19-4-8-20(28)9-5-19/h2-13,24-26,30,34H,14-16H2,1H3. The van der Waals surface area contributed by atoms with E-state index in [2.05, 4.69) is 26.1 Å². The Labute approximate surface area is 212 Å². The first-order chi connectivity index (χ1) is 16.9. The number of rotatable bonds is 5. The van der Waals surface area contributed by atoms with Crippen LogP contribution < -0.4 is 5.32 Å². The number of amides is 1. The second-order valence-corrected chi connectivity index (χ2v) is 9.82. The first kappa shape index (κ1) is 23.5. The van der Waals surface area contributed by atoms with E-state index < -0.39 is 6.10 Å². The van der Waals surface area contributed by atoms with E-state index in [-0.39, 0.29) is 23.9 Å². The summed E-state index contributed by atoms with van der Waals surface area (Å²) in [5.74, 6) is 0.133. The van der Waals surface area contributed by atoms with Gasteiger partial charge in [0.05, 0.1) is 6.54 Å². The van der Waals surface area contributed by atoms with Gasteiger partial charge >= 0.3 is 0 Å². The Morgan fingerprint density at radius 3 is 2.43 bits per heavy atom. The minimum atomic E-state index is -1.23. The van der Waals surface area contributed by atoms with Gasteiger partial charge in [-0.3, -0.25) is 9.79 Å². The highest BCUT2D eigenvalue weighted by atomic mass is 79.9. The molecule has 0 aliphatic carbocycles. The van der Waals surface area contributed by atoms with Gasteiger partial charge in [0.1, 0.15) is 23.9 Å². The minimum absolute atomic E-state index is 0.174. The average molecular weight is 537 g/mol. The predicted octanol–water partition coefficient (Wildman–Crippen LogP) is 4.67. The maximum Gasteiger partial charge on any atom is 0.256 e. The molecule has 2 aliphatic rings. The van der Waals surface area contributed by atoms with E-state index in [1.165, 1.54) is 17.7 Å². The molecule has 6 nitrogen and oxygen atoms in total. The molecule has 1 fully saturated rings. The summed E-state index contributed by atoms with van der Waals surface area (Å²) in [4.78, 5) is 21.9. The fourth-order valence-corrected chi connectivity index (χ4v) is 4.82. The monoisotopic (exact) mass is 536 g/mol. The molecule has 35 heavy (non-hydrogen) atoms. The van der Waals surface area contributed by atoms with Crippen LogP contribution in [0.25, 0.3) is 0 Å². The second-order valence-electron chi connectivity index (χ2n) is 8.90. The lowest BCUT2D eigenvalue weighted by atomic mass is 10.0. The number of aliphatic imine (C=N–C) groups is 1. The number of anilines is 1. The number of aliphatic hydroxyl groups is 1. The fourth-order valence-electron chi connectivity index (χ4n) is 4.56. The van der Waals surface area contributed by atoms with Gasteiger partial charge in [0.15, 0.2) is 6.10 Å². The maximum atomic E-state index is 13.6. The molecule has 2 aliphatic heterocycles. The summed E-state index contributed by atoms with van der Waals surface area (Å²) in [5, 5.41) is 14.3. The molecule has 5 rings (SSSR count). The number of halogens is 2. The number of aryl methyl sites for hydroxylation is 1. The van der Waals surface area contributed by atoms with Crippen molar-refractivity contribution in [3.8, 4) is 0 Å². The third-order valence-corrected chi connectivity index (χ3v) is 7.04. The van der Waals surface area contributed by atoms with Crippen LogP contribution >= 0.6 is 15.9 Å². The number of hydrogen-bond acceptors (Lipinski definition) is 5. The zero-order chi connectivity index (χ0) is 24.5. The van der Waals surface area contributed by atoms with Crippen LogP contribution in [0.4, 0.5) is 10.1 Å². The molecule has 1 saturated heterocycles. The Kier molecular flexibility index (Phi) is 6.58. The first-order valence-corrected chi connectivity index (χ1v) is 12.3. The lowest BCUT2D eigenvalue weighted by Gasteiger charge is -2.39. The number of nitrogens with zero attached hydrogens (tertiary/aromatic N) is 3. The van der Waals surface area contributed by atoms with Gasteiger partial charge in [-0.25, -0.2) is 4.39 Å². The Bertz CT molecular complexity index is 1230. The third-order valence-electron chi connectivity index (χ3n) is 6.51. The molecule has 0 aromatic heterocycles. The molecule has 2 N–H and O–H groups in total. The second kappa shape index (κ2) is 9.79. The van der Waals surface area contributed by atoms with E-state index >= 15 is 0 Å². The molecule has 3 unspecified atom stereocenters. The Hall–Kier alpha value is -3.23. The molecule has 3 aromatic carbocycles. The first-order valence-electron chi connectivity index (χ1n) is 11.5. The highest BCUT2D eigenvalue weighted by Gasteiger charge is 2.41. The normalized spacial score (nSPS) is 20.3. The summed E-state index contributed by atoms with van der Waals surface area (Å²) in [6.07, 6.45) is -1.40. The predicted molar refractivity (Wildman–Crippen MR) is 138 cm³/mol. The molecular formula is C27H26BrFN4O2. The Morgan fingerprint density at radius 2 is 1.74 bits per heavy atom. The van der Waals surface area contributed by atoms with Gasteiger partial charge in [-0.1, -0.05) is 57.9 Å². The summed E-state index contributed by atoms with van der Waals surface area (Å²) in [6, 6.07) is 21.4. The molecule has 0 bridgehead atoms. The fraction of sp³-hybridized carbons (Fsp3) is 0.259. The Morgan fingerprint density at radius 1 is 1.06 bits per heavy atom. The topological polar surface area (TPSA) is 68.2 Å². The number of nitrogens with one attached hydrogen (secondary N) is 1. The molecule has 0 spiro atoms. The summed E-state index contributed by atoms with van der Waals surface area (Å²) in [5.41, 5.74) is 3.58. The van der Waals surface area contributed by atoms with Crippen LogP contribution in [-0.4, -0.2) is 52.4 Å². The number of aliphatic hydroxyl groups excluding tert-OH is 1. The number of carbonyl (C=O) groups is 1. The number of hydrogen-bond donors (Lipinski definition) is 2. The highest BCUT2D eigenvalue weighted by Crippen LogP contribution is 2.34. The zero-order valence-electron chi connectivity index (χ0n) is 19.2. The van der Waals surface area contributed by atoms with Gasteiger partial charge in [-0.2, -0.15) is 0 Å². The molecule has 8 heteroatoms. The van der Waals surface area contributed by atoms with Crippen LogP contribution in [0.5, 0.6) is 0 Å². The van der Waals surface area contributed by atoms with Gasteiger partial charge in [-0.15, -0.1) is 0 Å². The van der Waals surface area contributed by atoms with Gasteiger partial charge in [0, 0.05) is 23.2 Å². The van der Waals surface area contributed by atoms with Crippen LogP contribution in [0.15, 0.2) is 82.3 Å². The van der Waals surface area contributed by atoms with Crippen LogP contribution in [0.1, 0.15) is 28.8 Å². The maximum absolute atomic E-state index is 13.6. The number of piperazine rings is 1. The van der Waals surface area contributed by atoms with Crippen LogP contribution in [0.3, 0.4) is 0 Å². The van der Waals surface area contributed by atoms with Crippen molar-refractivity contribution in [2.24, 2.45) is 4.99 Å². The van der Waals surface area contributed by atoms with Crippen LogP contribution in [-0.2, 0) is 4.79 Å². The molecule has 0 saturated carbocycles.